The highest BCUT2D eigenvalue weighted by Crippen LogP contribution is 2.26. The first kappa shape index (κ1) is 11.3. The minimum absolute atomic E-state index is 0.124. The van der Waals surface area contributed by atoms with Gasteiger partial charge < -0.3 is 0 Å². The summed E-state index contributed by atoms with van der Waals surface area (Å²) in [6, 6.07) is 0.268. The Morgan fingerprint density at radius 2 is 2.07 bits per heavy atom. The molecule has 0 bridgehead atoms. The Hall–Kier alpha value is -0.810. The fourth-order valence-electron chi connectivity index (χ4n) is 2.04. The smallest absolute Gasteiger partial charge is 0.138 e. The fraction of sp³-hybridized carbons (Fsp3) is 0.750. The van der Waals surface area contributed by atoms with E-state index in [4.69, 9.17) is 6.42 Å². The van der Waals surface area contributed by atoms with Crippen LogP contribution >= 0.6 is 0 Å². The van der Waals surface area contributed by atoms with Crippen LogP contribution in [0.5, 0.6) is 0 Å². The van der Waals surface area contributed by atoms with Gasteiger partial charge in [-0.15, -0.1) is 6.42 Å². The predicted octanol–water partition coefficient (Wildman–Crippen LogP) is 1.70. The summed E-state index contributed by atoms with van der Waals surface area (Å²) in [6.45, 7) is 8.91. The van der Waals surface area contributed by atoms with E-state index in [0.29, 0.717) is 12.2 Å². The lowest BCUT2D eigenvalue weighted by Gasteiger charge is -2.43. The van der Waals surface area contributed by atoms with Crippen LogP contribution in [0.15, 0.2) is 0 Å². The van der Waals surface area contributed by atoms with Gasteiger partial charge in [0.15, 0.2) is 0 Å². The molecule has 0 radical (unpaired) electrons. The summed E-state index contributed by atoms with van der Waals surface area (Å²) in [6.07, 6.45) is 6.13. The van der Waals surface area contributed by atoms with Gasteiger partial charge in [0.2, 0.25) is 0 Å². The molecule has 1 aliphatic heterocycles. The molecule has 0 aromatic rings. The first-order valence-electron chi connectivity index (χ1n) is 5.15. The third-order valence-corrected chi connectivity index (χ3v) is 3.12. The van der Waals surface area contributed by atoms with Gasteiger partial charge >= 0.3 is 0 Å². The van der Waals surface area contributed by atoms with Crippen LogP contribution in [0.1, 0.15) is 34.1 Å². The molecular weight excluding hydrogens is 174 g/mol. The van der Waals surface area contributed by atoms with Gasteiger partial charge in [0, 0.05) is 24.9 Å². The molecule has 14 heavy (non-hydrogen) atoms. The molecule has 2 unspecified atom stereocenters. The van der Waals surface area contributed by atoms with E-state index in [1.54, 1.807) is 0 Å². The van der Waals surface area contributed by atoms with Gasteiger partial charge in [0.05, 0.1) is 5.54 Å². The van der Waals surface area contributed by atoms with Crippen LogP contribution in [0.2, 0.25) is 0 Å². The van der Waals surface area contributed by atoms with Gasteiger partial charge in [-0.3, -0.25) is 9.69 Å². The number of ketones is 1. The minimum atomic E-state index is -0.242. The van der Waals surface area contributed by atoms with E-state index in [1.165, 1.54) is 0 Å². The fourth-order valence-corrected chi connectivity index (χ4v) is 2.04. The highest BCUT2D eigenvalue weighted by Gasteiger charge is 2.36. The number of carbonyl (C=O) groups is 1. The molecule has 0 saturated carbocycles. The molecule has 2 nitrogen and oxygen atoms in total. The van der Waals surface area contributed by atoms with Crippen LogP contribution in [0.3, 0.4) is 0 Å². The Morgan fingerprint density at radius 1 is 1.50 bits per heavy atom. The van der Waals surface area contributed by atoms with E-state index in [0.717, 1.165) is 6.54 Å². The van der Waals surface area contributed by atoms with Gasteiger partial charge in [0.25, 0.3) is 0 Å². The predicted molar refractivity (Wildman–Crippen MR) is 57.9 cm³/mol. The summed E-state index contributed by atoms with van der Waals surface area (Å²) in [5.41, 5.74) is -0.242. The monoisotopic (exact) mass is 193 g/mol. The second-order valence-corrected chi connectivity index (χ2v) is 4.78. The summed E-state index contributed by atoms with van der Waals surface area (Å²) in [5.74, 6) is 3.28. The van der Waals surface area contributed by atoms with Crippen LogP contribution in [0.4, 0.5) is 0 Å². The quantitative estimate of drug-likeness (QED) is 0.591. The number of hydrogen-bond acceptors (Lipinski definition) is 2. The van der Waals surface area contributed by atoms with Crippen LogP contribution in [-0.2, 0) is 4.79 Å². The zero-order valence-electron chi connectivity index (χ0n) is 9.50. The van der Waals surface area contributed by atoms with Gasteiger partial charge in [-0.25, -0.2) is 0 Å². The van der Waals surface area contributed by atoms with Crippen molar-refractivity contribution in [3.8, 4) is 12.3 Å². The molecule has 2 heteroatoms. The van der Waals surface area contributed by atoms with Crippen molar-refractivity contribution in [1.29, 1.82) is 0 Å². The molecule has 1 fully saturated rings. The number of piperidine rings is 1. The van der Waals surface area contributed by atoms with E-state index in [-0.39, 0.29) is 17.5 Å². The second-order valence-electron chi connectivity index (χ2n) is 4.78. The summed E-state index contributed by atoms with van der Waals surface area (Å²) >= 11 is 0. The van der Waals surface area contributed by atoms with Crippen LogP contribution in [0, 0.1) is 18.3 Å². The topological polar surface area (TPSA) is 20.3 Å². The molecular formula is C12H19NO. The third-order valence-electron chi connectivity index (χ3n) is 3.12. The Labute approximate surface area is 86.7 Å². The molecule has 0 aliphatic carbocycles. The van der Waals surface area contributed by atoms with Gasteiger partial charge in [-0.1, -0.05) is 12.8 Å². The number of likely N-dealkylation sites (tertiary alicyclic amines) is 1. The molecule has 1 aliphatic rings. The lowest BCUT2D eigenvalue weighted by molar-refractivity contribution is -0.128. The maximum atomic E-state index is 11.5. The normalized spacial score (nSPS) is 30.1. The van der Waals surface area contributed by atoms with E-state index in [9.17, 15) is 4.79 Å². The lowest BCUT2D eigenvalue weighted by Crippen LogP contribution is -2.54. The summed E-state index contributed by atoms with van der Waals surface area (Å²) in [5, 5.41) is 0. The average Bonchev–Trinajstić information content (AvgIpc) is 2.11. The van der Waals surface area contributed by atoms with E-state index >= 15 is 0 Å². The maximum Gasteiger partial charge on any atom is 0.138 e. The summed E-state index contributed by atoms with van der Waals surface area (Å²) < 4.78 is 0. The Morgan fingerprint density at radius 3 is 2.57 bits per heavy atom. The van der Waals surface area contributed by atoms with Gasteiger partial charge in [-0.2, -0.15) is 0 Å². The van der Waals surface area contributed by atoms with Gasteiger partial charge in [0.1, 0.15) is 5.78 Å². The molecule has 1 heterocycles. The highest BCUT2D eigenvalue weighted by atomic mass is 16.1. The van der Waals surface area contributed by atoms with Crippen molar-refractivity contribution in [2.24, 2.45) is 5.92 Å². The molecule has 0 aromatic heterocycles. The first-order chi connectivity index (χ1) is 6.38. The lowest BCUT2D eigenvalue weighted by atomic mass is 9.89. The van der Waals surface area contributed by atoms with E-state index in [2.05, 4.69) is 17.7 Å². The van der Waals surface area contributed by atoms with Crippen LogP contribution in [0.25, 0.3) is 0 Å². The Bertz CT molecular complexity index is 275. The van der Waals surface area contributed by atoms with Crippen LogP contribution in [-0.4, -0.2) is 28.8 Å². The summed E-state index contributed by atoms with van der Waals surface area (Å²) in [7, 11) is 0. The minimum Gasteiger partial charge on any atom is -0.299 e. The number of rotatable bonds is 1. The highest BCUT2D eigenvalue weighted by molar-refractivity contribution is 5.82. The standard InChI is InChI=1S/C12H19NO/c1-6-12(4,5)13-8-9(2)11(14)7-10(13)3/h1,9-10H,7-8H2,2-5H3. The summed E-state index contributed by atoms with van der Waals surface area (Å²) in [4.78, 5) is 13.7. The molecule has 1 rings (SSSR count). The van der Waals surface area contributed by atoms with Crippen molar-refractivity contribution in [2.45, 2.75) is 45.7 Å². The van der Waals surface area contributed by atoms with Gasteiger partial charge in [-0.05, 0) is 20.8 Å². The molecule has 0 amide bonds. The molecule has 0 aromatic carbocycles. The van der Waals surface area contributed by atoms with Crippen molar-refractivity contribution in [1.82, 2.24) is 4.90 Å². The average molecular weight is 193 g/mol. The van der Waals surface area contributed by atoms with Crippen molar-refractivity contribution in [2.75, 3.05) is 6.54 Å². The molecule has 2 atom stereocenters. The number of nitrogens with zero attached hydrogens (tertiary/aromatic N) is 1. The zero-order valence-corrected chi connectivity index (χ0v) is 9.50. The Kier molecular flexibility index (Phi) is 3.01. The SMILES string of the molecule is C#CC(C)(C)N1CC(C)C(=O)CC1C. The van der Waals surface area contributed by atoms with E-state index < -0.39 is 0 Å². The second kappa shape index (κ2) is 3.74. The number of carbonyl (C=O) groups excluding carboxylic acids is 1. The molecule has 78 valence electrons. The zero-order chi connectivity index (χ0) is 10.9. The van der Waals surface area contributed by atoms with E-state index in [1.807, 2.05) is 20.8 Å². The molecule has 1 saturated heterocycles. The van der Waals surface area contributed by atoms with Crippen LogP contribution < -0.4 is 0 Å². The largest absolute Gasteiger partial charge is 0.299 e. The number of hydrogen-bond donors (Lipinski definition) is 0. The molecule has 0 N–H and O–H groups in total. The van der Waals surface area contributed by atoms with Crippen molar-refractivity contribution in [3.05, 3.63) is 0 Å². The first-order valence-corrected chi connectivity index (χ1v) is 5.15. The third kappa shape index (κ3) is 1.99. The van der Waals surface area contributed by atoms with Crippen molar-refractivity contribution < 1.29 is 4.79 Å². The molecule has 0 spiro atoms. The number of terminal acetylenes is 1. The van der Waals surface area contributed by atoms with Crippen molar-refractivity contribution in [3.63, 3.8) is 0 Å². The number of Topliss-reactive ketones (excluding diaryl/α,β-unsaturated/α-hetero) is 1. The van der Waals surface area contributed by atoms with Crippen molar-refractivity contribution >= 4 is 5.78 Å². The Balaban J connectivity index is 2.82. The maximum absolute atomic E-state index is 11.5.